The Morgan fingerprint density at radius 3 is 1.62 bits per heavy atom. The van der Waals surface area contributed by atoms with Gasteiger partial charge in [0.15, 0.2) is 0 Å². The molecule has 0 aliphatic carbocycles. The second-order valence-corrected chi connectivity index (χ2v) is 3.58. The van der Waals surface area contributed by atoms with Gasteiger partial charge in [-0.15, -0.1) is 8.61 Å². The van der Waals surface area contributed by atoms with E-state index in [2.05, 4.69) is 0 Å². The predicted octanol–water partition coefficient (Wildman–Crippen LogP) is -0.804. The van der Waals surface area contributed by atoms with Crippen LogP contribution in [-0.2, 0) is 11.5 Å². The molecule has 0 unspecified atom stereocenters. The Kier molecular flexibility index (Phi) is 1.01. The molecule has 0 aromatic heterocycles. The molecule has 2 rings (SSSR count). The van der Waals surface area contributed by atoms with Gasteiger partial charge >= 0.3 is 0 Å². The summed E-state index contributed by atoms with van der Waals surface area (Å²) in [5.74, 6) is 0. The Balaban J connectivity index is 1.84. The van der Waals surface area contributed by atoms with E-state index in [0.29, 0.717) is 0 Å². The quantitative estimate of drug-likeness (QED) is 0.364. The predicted molar refractivity (Wildman–Crippen MR) is 31.3 cm³/mol. The van der Waals surface area contributed by atoms with Crippen molar-refractivity contribution >= 4 is 11.5 Å². The van der Waals surface area contributed by atoms with E-state index >= 15 is 0 Å². The maximum absolute atomic E-state index is 10.9. The molecule has 0 aromatic carbocycles. The number of hydrogen-bond acceptors (Lipinski definition) is 3. The lowest BCUT2D eigenvalue weighted by atomic mass is 11.0. The fourth-order valence-corrected chi connectivity index (χ4v) is 1.67. The van der Waals surface area contributed by atoms with Crippen molar-refractivity contribution in [3.05, 3.63) is 0 Å². The molecule has 2 fully saturated rings. The van der Waals surface area contributed by atoms with Crippen molar-refractivity contribution in [3.8, 4) is 0 Å². The van der Waals surface area contributed by atoms with E-state index in [4.69, 9.17) is 0 Å². The van der Waals surface area contributed by atoms with Crippen molar-refractivity contribution in [3.63, 3.8) is 0 Å². The van der Waals surface area contributed by atoms with Crippen molar-refractivity contribution in [2.45, 2.75) is 0 Å². The Bertz CT molecular complexity index is 90.2. The van der Waals surface area contributed by atoms with Crippen molar-refractivity contribution in [2.75, 3.05) is 26.2 Å². The molecule has 0 radical (unpaired) electrons. The molecule has 4 heteroatoms. The largest absolute Gasteiger partial charge is 0.578 e. The maximum atomic E-state index is 10.9. The zero-order chi connectivity index (χ0) is 5.56. The minimum Gasteiger partial charge on any atom is -0.578 e. The highest BCUT2D eigenvalue weighted by molar-refractivity contribution is 7.87. The molecule has 0 bridgehead atoms. The molecule has 2 heterocycles. The summed E-state index contributed by atoms with van der Waals surface area (Å²) in [7, 11) is 0. The van der Waals surface area contributed by atoms with Gasteiger partial charge in [-0.25, -0.2) is 0 Å². The summed E-state index contributed by atoms with van der Waals surface area (Å²) in [6.45, 7) is 4.12. The summed E-state index contributed by atoms with van der Waals surface area (Å²) in [5, 5.41) is 0. The summed E-state index contributed by atoms with van der Waals surface area (Å²) < 4.78 is 14.8. The summed E-state index contributed by atoms with van der Waals surface area (Å²) in [6.07, 6.45) is 0. The molecule has 0 amide bonds. The van der Waals surface area contributed by atoms with Gasteiger partial charge in [-0.1, -0.05) is 0 Å². The van der Waals surface area contributed by atoms with E-state index in [1.54, 1.807) is 0 Å². The first-order valence-corrected chi connectivity index (χ1v) is 3.86. The number of hydrogen-bond donors (Lipinski definition) is 0. The van der Waals surface area contributed by atoms with E-state index in [1.165, 1.54) is 0 Å². The lowest BCUT2D eigenvalue weighted by Crippen LogP contribution is -2.19. The summed E-state index contributed by atoms with van der Waals surface area (Å²) in [5.41, 5.74) is 0. The highest BCUT2D eigenvalue weighted by Gasteiger charge is 2.42. The second-order valence-electron chi connectivity index (χ2n) is 2.09. The van der Waals surface area contributed by atoms with E-state index in [1.807, 2.05) is 8.61 Å². The molecule has 8 heavy (non-hydrogen) atoms. The lowest BCUT2D eigenvalue weighted by molar-refractivity contribution is 0.525. The average molecular weight is 132 g/mol. The molecule has 0 aromatic rings. The van der Waals surface area contributed by atoms with Gasteiger partial charge < -0.3 is 4.55 Å². The van der Waals surface area contributed by atoms with Crippen molar-refractivity contribution in [2.24, 2.45) is 0 Å². The average Bonchev–Trinajstić information content (AvgIpc) is 2.63. The fraction of sp³-hybridized carbons (Fsp3) is 1.00. The van der Waals surface area contributed by atoms with Crippen LogP contribution in [0.1, 0.15) is 0 Å². The maximum Gasteiger partial charge on any atom is 0.140 e. The first-order valence-electron chi connectivity index (χ1n) is 2.80. The second kappa shape index (κ2) is 1.60. The highest BCUT2D eigenvalue weighted by Crippen LogP contribution is 2.21. The molecule has 3 nitrogen and oxygen atoms in total. The molecule has 2 saturated heterocycles. The molecule has 2 aliphatic heterocycles. The van der Waals surface area contributed by atoms with E-state index in [-0.39, 0.29) is 0 Å². The zero-order valence-electron chi connectivity index (χ0n) is 4.54. The van der Waals surface area contributed by atoms with Crippen LogP contribution in [0.5, 0.6) is 0 Å². The van der Waals surface area contributed by atoms with Crippen LogP contribution < -0.4 is 0 Å². The van der Waals surface area contributed by atoms with Gasteiger partial charge in [0.25, 0.3) is 0 Å². The Morgan fingerprint density at radius 1 is 1.00 bits per heavy atom. The van der Waals surface area contributed by atoms with Crippen LogP contribution in [0.2, 0.25) is 0 Å². The van der Waals surface area contributed by atoms with E-state index < -0.39 is 11.5 Å². The Hall–Kier alpha value is 0.230. The molecule has 0 atom stereocenters. The van der Waals surface area contributed by atoms with Gasteiger partial charge in [-0.05, 0) is 0 Å². The number of rotatable bonds is 2. The lowest BCUT2D eigenvalue weighted by Gasteiger charge is -2.06. The third kappa shape index (κ3) is 0.842. The van der Waals surface area contributed by atoms with Crippen LogP contribution in [0.4, 0.5) is 0 Å². The summed E-state index contributed by atoms with van der Waals surface area (Å²) in [4.78, 5) is 0. The van der Waals surface area contributed by atoms with Gasteiger partial charge in [0.1, 0.15) is 11.5 Å². The molecular weight excluding hydrogens is 124 g/mol. The fourth-order valence-electron chi connectivity index (χ4n) is 0.557. The molecule has 0 saturated carbocycles. The zero-order valence-corrected chi connectivity index (χ0v) is 5.36. The first-order chi connectivity index (χ1) is 3.88. The van der Waals surface area contributed by atoms with Crippen molar-refractivity contribution < 1.29 is 4.55 Å². The third-order valence-corrected chi connectivity index (χ3v) is 2.87. The van der Waals surface area contributed by atoms with Crippen molar-refractivity contribution in [1.29, 1.82) is 0 Å². The third-order valence-electron chi connectivity index (χ3n) is 1.25. The minimum absolute atomic E-state index is 0.735. The van der Waals surface area contributed by atoms with Gasteiger partial charge in [-0.2, -0.15) is 0 Å². The number of nitrogens with zero attached hydrogens (tertiary/aromatic N) is 2. The molecule has 46 valence electrons. The van der Waals surface area contributed by atoms with Crippen LogP contribution in [0, 0.1) is 0 Å². The van der Waals surface area contributed by atoms with Crippen LogP contribution in [0.3, 0.4) is 0 Å². The molecule has 0 spiro atoms. The van der Waals surface area contributed by atoms with Crippen LogP contribution >= 0.6 is 0 Å². The minimum atomic E-state index is -0.735. The molecular formula is C4H8N2OS. The smallest absolute Gasteiger partial charge is 0.140 e. The van der Waals surface area contributed by atoms with Gasteiger partial charge in [0, 0.05) is 0 Å². The monoisotopic (exact) mass is 132 g/mol. The normalized spacial score (nSPS) is 29.2. The van der Waals surface area contributed by atoms with Crippen LogP contribution in [0.25, 0.3) is 0 Å². The SMILES string of the molecule is [O-][S+](N1CC1)N1CC1. The first kappa shape index (κ1) is 5.05. The van der Waals surface area contributed by atoms with Gasteiger partial charge in [0.05, 0.1) is 26.2 Å². The van der Waals surface area contributed by atoms with E-state index in [9.17, 15) is 4.55 Å². The van der Waals surface area contributed by atoms with Gasteiger partial charge in [0.2, 0.25) is 0 Å². The topological polar surface area (TPSA) is 29.1 Å². The Morgan fingerprint density at radius 2 is 1.38 bits per heavy atom. The van der Waals surface area contributed by atoms with Gasteiger partial charge in [-0.3, -0.25) is 0 Å². The summed E-state index contributed by atoms with van der Waals surface area (Å²) in [6, 6.07) is 0. The van der Waals surface area contributed by atoms with Crippen molar-refractivity contribution in [1.82, 2.24) is 8.61 Å². The van der Waals surface area contributed by atoms with Crippen LogP contribution in [0.15, 0.2) is 0 Å². The molecule has 0 N–H and O–H groups in total. The Labute approximate surface area is 51.7 Å². The highest BCUT2D eigenvalue weighted by atomic mass is 32.2. The summed E-state index contributed by atoms with van der Waals surface area (Å²) >= 11 is -0.735. The van der Waals surface area contributed by atoms with Crippen LogP contribution in [-0.4, -0.2) is 39.3 Å². The van der Waals surface area contributed by atoms with E-state index in [0.717, 1.165) is 26.2 Å². The standard InChI is InChI=1S/C4H8N2OS/c7-8(5-1-2-5)6-3-4-6/h1-4H2. The molecule has 2 aliphatic rings.